The molecule has 0 spiro atoms. The maximum Gasteiger partial charge on any atom is 0.231 e. The summed E-state index contributed by atoms with van der Waals surface area (Å²) in [5.41, 5.74) is 2.25. The van der Waals surface area contributed by atoms with E-state index in [1.54, 1.807) is 0 Å². The Morgan fingerprint density at radius 1 is 0.733 bits per heavy atom. The maximum absolute atomic E-state index is 10.7. The predicted octanol–water partition coefficient (Wildman–Crippen LogP) is 3.70. The van der Waals surface area contributed by atoms with E-state index < -0.39 is 6.10 Å². The highest BCUT2D eigenvalue weighted by atomic mass is 16.7. The third-order valence-electron chi connectivity index (χ3n) is 6.02. The lowest BCUT2D eigenvalue weighted by Gasteiger charge is -2.30. The standard InChI is InChI=1S/C24H30O6/c1-15(25)3-6-19(9-17-4-7-21-23(11-17)29-13-27-21)20(16(2)26)10-18-5-8-22-24(12-18)30-14-28-22/h4-5,7-8,11-12,15-16,19-20,25-26H,3,6,9-10,13-14H2,1-2H3/t15-,16-,19+,20-/m1/s1. The van der Waals surface area contributed by atoms with Gasteiger partial charge in [0.1, 0.15) is 0 Å². The highest BCUT2D eigenvalue weighted by molar-refractivity contribution is 5.45. The molecule has 30 heavy (non-hydrogen) atoms. The summed E-state index contributed by atoms with van der Waals surface area (Å²) < 4.78 is 21.9. The van der Waals surface area contributed by atoms with Crippen LogP contribution in [0.2, 0.25) is 0 Å². The van der Waals surface area contributed by atoms with Crippen LogP contribution in [-0.2, 0) is 12.8 Å². The van der Waals surface area contributed by atoms with Gasteiger partial charge >= 0.3 is 0 Å². The maximum atomic E-state index is 10.7. The Kier molecular flexibility index (Phi) is 6.35. The first-order chi connectivity index (χ1) is 14.5. The van der Waals surface area contributed by atoms with Crippen molar-refractivity contribution in [2.75, 3.05) is 13.6 Å². The van der Waals surface area contributed by atoms with Crippen LogP contribution < -0.4 is 18.9 Å². The summed E-state index contributed by atoms with van der Waals surface area (Å²) in [5, 5.41) is 20.6. The SMILES string of the molecule is C[C@@H](O)CC[C@@H](Cc1ccc2c(c1)OCO2)[C@H](Cc1ccc2c(c1)OCO2)[C@@H](C)O. The first-order valence-electron chi connectivity index (χ1n) is 10.6. The molecule has 2 aliphatic heterocycles. The molecule has 2 aliphatic rings. The van der Waals surface area contributed by atoms with Crippen molar-refractivity contribution in [1.82, 2.24) is 0 Å². The average molecular weight is 414 g/mol. The van der Waals surface area contributed by atoms with Gasteiger partial charge in [-0.1, -0.05) is 12.1 Å². The summed E-state index contributed by atoms with van der Waals surface area (Å²) >= 11 is 0. The summed E-state index contributed by atoms with van der Waals surface area (Å²) in [6, 6.07) is 12.0. The van der Waals surface area contributed by atoms with Gasteiger partial charge in [-0.15, -0.1) is 0 Å². The molecule has 6 heteroatoms. The molecule has 6 nitrogen and oxygen atoms in total. The first kappa shape index (κ1) is 20.8. The van der Waals surface area contributed by atoms with E-state index in [9.17, 15) is 10.2 Å². The minimum absolute atomic E-state index is 0.0366. The number of aliphatic hydroxyl groups is 2. The lowest BCUT2D eigenvalue weighted by atomic mass is 9.77. The smallest absolute Gasteiger partial charge is 0.231 e. The second-order valence-corrected chi connectivity index (χ2v) is 8.37. The van der Waals surface area contributed by atoms with Gasteiger partial charge in [0.25, 0.3) is 0 Å². The second kappa shape index (κ2) is 9.14. The first-order valence-corrected chi connectivity index (χ1v) is 10.6. The number of hydrogen-bond acceptors (Lipinski definition) is 6. The number of ether oxygens (including phenoxy) is 4. The Hall–Kier alpha value is -2.44. The summed E-state index contributed by atoms with van der Waals surface area (Å²) in [6.45, 7) is 4.17. The Morgan fingerprint density at radius 3 is 1.80 bits per heavy atom. The Morgan fingerprint density at radius 2 is 1.27 bits per heavy atom. The van der Waals surface area contributed by atoms with Crippen molar-refractivity contribution >= 4 is 0 Å². The van der Waals surface area contributed by atoms with Gasteiger partial charge in [0.2, 0.25) is 13.6 Å². The zero-order chi connectivity index (χ0) is 21.1. The largest absolute Gasteiger partial charge is 0.454 e. The van der Waals surface area contributed by atoms with E-state index in [4.69, 9.17) is 18.9 Å². The lowest BCUT2D eigenvalue weighted by Crippen LogP contribution is -2.30. The fourth-order valence-corrected chi connectivity index (χ4v) is 4.36. The molecule has 162 valence electrons. The van der Waals surface area contributed by atoms with Gasteiger partial charge in [0, 0.05) is 0 Å². The van der Waals surface area contributed by atoms with Gasteiger partial charge in [0.05, 0.1) is 12.2 Å². The van der Waals surface area contributed by atoms with Crippen molar-refractivity contribution in [3.8, 4) is 23.0 Å². The van der Waals surface area contributed by atoms with Crippen molar-refractivity contribution < 1.29 is 29.2 Å². The minimum atomic E-state index is -0.483. The van der Waals surface area contributed by atoms with Gasteiger partial charge in [-0.25, -0.2) is 0 Å². The fraction of sp³-hybridized carbons (Fsp3) is 0.500. The molecule has 0 unspecified atom stereocenters. The van der Waals surface area contributed by atoms with Crippen LogP contribution in [0.3, 0.4) is 0 Å². The molecule has 4 atom stereocenters. The summed E-state index contributed by atoms with van der Waals surface area (Å²) in [7, 11) is 0. The number of hydrogen-bond donors (Lipinski definition) is 2. The molecule has 0 radical (unpaired) electrons. The van der Waals surface area contributed by atoms with Gasteiger partial charge in [-0.3, -0.25) is 0 Å². The molecule has 4 rings (SSSR count). The lowest BCUT2D eigenvalue weighted by molar-refractivity contribution is 0.0751. The van der Waals surface area contributed by atoms with Gasteiger partial charge < -0.3 is 29.2 Å². The fourth-order valence-electron chi connectivity index (χ4n) is 4.36. The van der Waals surface area contributed by atoms with Crippen LogP contribution in [0, 0.1) is 11.8 Å². The Balaban J connectivity index is 1.54. The van der Waals surface area contributed by atoms with E-state index in [1.165, 1.54) is 0 Å². The molecule has 0 saturated carbocycles. The zero-order valence-electron chi connectivity index (χ0n) is 17.5. The molecule has 2 aromatic rings. The molecule has 0 aromatic heterocycles. The van der Waals surface area contributed by atoms with Crippen molar-refractivity contribution in [1.29, 1.82) is 0 Å². The molecular formula is C24H30O6. The molecule has 0 bridgehead atoms. The second-order valence-electron chi connectivity index (χ2n) is 8.37. The summed E-state index contributed by atoms with van der Waals surface area (Å²) in [6.07, 6.45) is 2.19. The third-order valence-corrected chi connectivity index (χ3v) is 6.02. The highest BCUT2D eigenvalue weighted by Crippen LogP contribution is 2.37. The number of benzene rings is 2. The molecule has 0 fully saturated rings. The third kappa shape index (κ3) is 4.82. The van der Waals surface area contributed by atoms with Crippen LogP contribution in [0.4, 0.5) is 0 Å². The number of rotatable bonds is 9. The Labute approximate surface area is 177 Å². The number of fused-ring (bicyclic) bond motifs is 2. The van der Waals surface area contributed by atoms with E-state index >= 15 is 0 Å². The van der Waals surface area contributed by atoms with Crippen molar-refractivity contribution in [2.24, 2.45) is 11.8 Å². The van der Waals surface area contributed by atoms with Gasteiger partial charge in [-0.05, 0) is 86.8 Å². The molecule has 2 N–H and O–H groups in total. The van der Waals surface area contributed by atoms with E-state index in [0.29, 0.717) is 6.42 Å². The van der Waals surface area contributed by atoms with Crippen LogP contribution in [0.5, 0.6) is 23.0 Å². The predicted molar refractivity (Wildman–Crippen MR) is 112 cm³/mol. The van der Waals surface area contributed by atoms with Crippen molar-refractivity contribution in [3.05, 3.63) is 47.5 Å². The van der Waals surface area contributed by atoms with Crippen molar-refractivity contribution in [2.45, 2.75) is 51.7 Å². The summed E-state index contributed by atoms with van der Waals surface area (Å²) in [4.78, 5) is 0. The topological polar surface area (TPSA) is 77.4 Å². The zero-order valence-corrected chi connectivity index (χ0v) is 17.5. The van der Waals surface area contributed by atoms with Gasteiger partial charge in [-0.2, -0.15) is 0 Å². The van der Waals surface area contributed by atoms with Crippen molar-refractivity contribution in [3.63, 3.8) is 0 Å². The minimum Gasteiger partial charge on any atom is -0.454 e. The quantitative estimate of drug-likeness (QED) is 0.652. The van der Waals surface area contributed by atoms with Crippen LogP contribution in [-0.4, -0.2) is 36.0 Å². The monoisotopic (exact) mass is 414 g/mol. The molecule has 2 aromatic carbocycles. The van der Waals surface area contributed by atoms with Crippen LogP contribution in [0.25, 0.3) is 0 Å². The Bertz CT molecular complexity index is 863. The van der Waals surface area contributed by atoms with E-state index in [-0.39, 0.29) is 31.5 Å². The molecular weight excluding hydrogens is 384 g/mol. The van der Waals surface area contributed by atoms with E-state index in [2.05, 4.69) is 6.07 Å². The normalized spacial score (nSPS) is 18.1. The van der Waals surface area contributed by atoms with E-state index in [1.807, 2.05) is 44.2 Å². The number of aliphatic hydroxyl groups excluding tert-OH is 2. The summed E-state index contributed by atoms with van der Waals surface area (Å²) in [5.74, 6) is 3.30. The van der Waals surface area contributed by atoms with Crippen LogP contribution in [0.15, 0.2) is 36.4 Å². The molecule has 0 saturated heterocycles. The van der Waals surface area contributed by atoms with Crippen LogP contribution in [0.1, 0.15) is 37.8 Å². The van der Waals surface area contributed by atoms with Crippen LogP contribution >= 0.6 is 0 Å². The van der Waals surface area contributed by atoms with E-state index in [0.717, 1.165) is 53.4 Å². The molecule has 0 aliphatic carbocycles. The molecule has 0 amide bonds. The average Bonchev–Trinajstić information content (AvgIpc) is 3.37. The molecule has 2 heterocycles. The highest BCUT2D eigenvalue weighted by Gasteiger charge is 2.28. The van der Waals surface area contributed by atoms with Gasteiger partial charge in [0.15, 0.2) is 23.0 Å².